The van der Waals surface area contributed by atoms with Crippen molar-refractivity contribution in [3.05, 3.63) is 34.9 Å². The van der Waals surface area contributed by atoms with Gasteiger partial charge in [-0.2, -0.15) is 0 Å². The van der Waals surface area contributed by atoms with Crippen molar-refractivity contribution in [3.8, 4) is 0 Å². The molecule has 1 aromatic heterocycles. The first-order chi connectivity index (χ1) is 13.4. The molecular weight excluding hydrogens is 398 g/mol. The first kappa shape index (κ1) is 20.7. The zero-order chi connectivity index (χ0) is 20.3. The summed E-state index contributed by atoms with van der Waals surface area (Å²) in [4.78, 5) is 26.4. The SMILES string of the molecule is CCn1c(NC(=O)C2CC(=O)N(C(C)C)C2)nnc1SCc1ccccc1Cl. The highest BCUT2D eigenvalue weighted by Gasteiger charge is 2.36. The lowest BCUT2D eigenvalue weighted by atomic mass is 10.1. The van der Waals surface area contributed by atoms with Crippen molar-refractivity contribution in [1.82, 2.24) is 19.7 Å². The number of amides is 2. The summed E-state index contributed by atoms with van der Waals surface area (Å²) in [5, 5.41) is 12.6. The summed E-state index contributed by atoms with van der Waals surface area (Å²) in [6.45, 7) is 6.94. The molecule has 7 nitrogen and oxygen atoms in total. The van der Waals surface area contributed by atoms with Crippen molar-refractivity contribution in [2.75, 3.05) is 11.9 Å². The van der Waals surface area contributed by atoms with Crippen molar-refractivity contribution < 1.29 is 9.59 Å². The maximum Gasteiger partial charge on any atom is 0.232 e. The van der Waals surface area contributed by atoms with Crippen LogP contribution in [0.5, 0.6) is 0 Å². The van der Waals surface area contributed by atoms with E-state index in [0.717, 1.165) is 5.56 Å². The molecule has 9 heteroatoms. The first-order valence-electron chi connectivity index (χ1n) is 9.30. The van der Waals surface area contributed by atoms with Gasteiger partial charge in [0.05, 0.1) is 5.92 Å². The second-order valence-electron chi connectivity index (χ2n) is 6.96. The van der Waals surface area contributed by atoms with Gasteiger partial charge < -0.3 is 4.90 Å². The summed E-state index contributed by atoms with van der Waals surface area (Å²) < 4.78 is 1.86. The summed E-state index contributed by atoms with van der Waals surface area (Å²) in [7, 11) is 0. The van der Waals surface area contributed by atoms with Gasteiger partial charge in [-0.15, -0.1) is 10.2 Å². The van der Waals surface area contributed by atoms with Crippen LogP contribution in [-0.2, 0) is 21.9 Å². The van der Waals surface area contributed by atoms with Gasteiger partial charge in [-0.25, -0.2) is 0 Å². The average molecular weight is 422 g/mol. The van der Waals surface area contributed by atoms with Gasteiger partial charge >= 0.3 is 0 Å². The summed E-state index contributed by atoms with van der Waals surface area (Å²) >= 11 is 7.73. The van der Waals surface area contributed by atoms with E-state index in [4.69, 9.17) is 11.6 Å². The number of benzene rings is 1. The van der Waals surface area contributed by atoms with E-state index in [9.17, 15) is 9.59 Å². The van der Waals surface area contributed by atoms with Crippen molar-refractivity contribution >= 4 is 41.1 Å². The number of thioether (sulfide) groups is 1. The fourth-order valence-corrected chi connectivity index (χ4v) is 4.44. The van der Waals surface area contributed by atoms with Crippen LogP contribution in [0.4, 0.5) is 5.95 Å². The van der Waals surface area contributed by atoms with E-state index >= 15 is 0 Å². The molecule has 2 aromatic rings. The van der Waals surface area contributed by atoms with Crippen LogP contribution in [0.15, 0.2) is 29.4 Å². The molecule has 1 aromatic carbocycles. The van der Waals surface area contributed by atoms with E-state index in [1.54, 1.807) is 4.90 Å². The Kier molecular flexibility index (Phi) is 6.61. The van der Waals surface area contributed by atoms with Crippen molar-refractivity contribution in [3.63, 3.8) is 0 Å². The average Bonchev–Trinajstić information content (AvgIpc) is 3.24. The topological polar surface area (TPSA) is 80.1 Å². The smallest absolute Gasteiger partial charge is 0.232 e. The molecule has 1 saturated heterocycles. The maximum atomic E-state index is 12.6. The molecular formula is C19H24ClN5O2S. The maximum absolute atomic E-state index is 12.6. The minimum atomic E-state index is -0.365. The number of nitrogens with one attached hydrogen (secondary N) is 1. The molecule has 0 saturated carbocycles. The summed E-state index contributed by atoms with van der Waals surface area (Å²) in [5.41, 5.74) is 1.02. The number of carbonyl (C=O) groups excluding carboxylic acids is 2. The number of hydrogen-bond acceptors (Lipinski definition) is 5. The predicted octanol–water partition coefficient (Wildman–Crippen LogP) is 3.44. The van der Waals surface area contributed by atoms with E-state index < -0.39 is 0 Å². The summed E-state index contributed by atoms with van der Waals surface area (Å²) in [6, 6.07) is 7.77. The van der Waals surface area contributed by atoms with Crippen LogP contribution in [-0.4, -0.2) is 44.1 Å². The van der Waals surface area contributed by atoms with Gasteiger partial charge in [0.25, 0.3) is 0 Å². The van der Waals surface area contributed by atoms with Crippen molar-refractivity contribution in [2.45, 2.75) is 50.7 Å². The van der Waals surface area contributed by atoms with Crippen molar-refractivity contribution in [1.29, 1.82) is 0 Å². The van der Waals surface area contributed by atoms with Crippen LogP contribution in [0.25, 0.3) is 0 Å². The summed E-state index contributed by atoms with van der Waals surface area (Å²) in [6.07, 6.45) is 0.235. The minimum absolute atomic E-state index is 0.0168. The molecule has 0 spiro atoms. The number of aromatic nitrogens is 3. The second-order valence-corrected chi connectivity index (χ2v) is 8.31. The van der Waals surface area contributed by atoms with Crippen LogP contribution in [0.3, 0.4) is 0 Å². The standard InChI is InChI=1S/C19H24ClN5O2S/c1-4-24-18(21-17(27)14-9-16(26)25(10-14)12(2)3)22-23-19(24)28-11-13-7-5-6-8-15(13)20/h5-8,12,14H,4,9-11H2,1-3H3,(H,21,22,27). The van der Waals surface area contributed by atoms with E-state index in [0.29, 0.717) is 35.0 Å². The quantitative estimate of drug-likeness (QED) is 0.692. The molecule has 3 rings (SSSR count). The molecule has 28 heavy (non-hydrogen) atoms. The highest BCUT2D eigenvalue weighted by molar-refractivity contribution is 7.98. The van der Waals surface area contributed by atoms with Gasteiger partial charge in [0.15, 0.2) is 5.16 Å². The Morgan fingerprint density at radius 2 is 2.11 bits per heavy atom. The highest BCUT2D eigenvalue weighted by atomic mass is 35.5. The van der Waals surface area contributed by atoms with E-state index in [1.807, 2.05) is 49.6 Å². The van der Waals surface area contributed by atoms with Crippen LogP contribution < -0.4 is 5.32 Å². The Labute approximate surface area is 173 Å². The molecule has 2 heterocycles. The van der Waals surface area contributed by atoms with Crippen LogP contribution in [0.1, 0.15) is 32.8 Å². The number of nitrogens with zero attached hydrogens (tertiary/aromatic N) is 4. The lowest BCUT2D eigenvalue weighted by Crippen LogP contribution is -2.33. The van der Waals surface area contributed by atoms with Crippen molar-refractivity contribution in [2.24, 2.45) is 5.92 Å². The lowest BCUT2D eigenvalue weighted by Gasteiger charge is -2.20. The van der Waals surface area contributed by atoms with Crippen LogP contribution >= 0.6 is 23.4 Å². The fraction of sp³-hybridized carbons (Fsp3) is 0.474. The third-order valence-corrected chi connectivity index (χ3v) is 6.12. The summed E-state index contributed by atoms with van der Waals surface area (Å²) in [5.74, 6) is 0.525. The van der Waals surface area contributed by atoms with E-state index in [2.05, 4.69) is 15.5 Å². The van der Waals surface area contributed by atoms with E-state index in [-0.39, 0.29) is 30.2 Å². The zero-order valence-electron chi connectivity index (χ0n) is 16.2. The fourth-order valence-electron chi connectivity index (χ4n) is 3.15. The van der Waals surface area contributed by atoms with Gasteiger partial charge in [-0.1, -0.05) is 41.6 Å². The van der Waals surface area contributed by atoms with Gasteiger partial charge in [-0.05, 0) is 32.4 Å². The molecule has 1 aliphatic heterocycles. The van der Waals surface area contributed by atoms with Crippen LogP contribution in [0.2, 0.25) is 5.02 Å². The normalized spacial score (nSPS) is 16.8. The number of carbonyl (C=O) groups is 2. The third-order valence-electron chi connectivity index (χ3n) is 4.74. The highest BCUT2D eigenvalue weighted by Crippen LogP contribution is 2.27. The zero-order valence-corrected chi connectivity index (χ0v) is 17.8. The second kappa shape index (κ2) is 8.96. The molecule has 1 atom stereocenters. The Morgan fingerprint density at radius 3 is 2.75 bits per heavy atom. The third kappa shape index (κ3) is 4.50. The number of likely N-dealkylation sites (tertiary alicyclic amines) is 1. The van der Waals surface area contributed by atoms with Crippen LogP contribution in [0, 0.1) is 5.92 Å². The Bertz CT molecular complexity index is 870. The van der Waals surface area contributed by atoms with Gasteiger partial charge in [0.2, 0.25) is 17.8 Å². The number of anilines is 1. The monoisotopic (exact) mass is 421 g/mol. The molecule has 1 unspecified atom stereocenters. The Morgan fingerprint density at radius 1 is 1.36 bits per heavy atom. The van der Waals surface area contributed by atoms with Gasteiger partial charge in [0, 0.05) is 36.3 Å². The molecule has 1 aliphatic rings. The Hall–Kier alpha value is -2.06. The number of halogens is 1. The predicted molar refractivity (Wildman–Crippen MR) is 110 cm³/mol. The molecule has 1 fully saturated rings. The van der Waals surface area contributed by atoms with E-state index in [1.165, 1.54) is 11.8 Å². The van der Waals surface area contributed by atoms with Gasteiger partial charge in [-0.3, -0.25) is 19.5 Å². The first-order valence-corrected chi connectivity index (χ1v) is 10.7. The van der Waals surface area contributed by atoms with Gasteiger partial charge in [0.1, 0.15) is 0 Å². The minimum Gasteiger partial charge on any atom is -0.339 e. The molecule has 0 bridgehead atoms. The number of rotatable bonds is 7. The molecule has 2 amide bonds. The molecule has 0 radical (unpaired) electrons. The molecule has 150 valence electrons. The molecule has 1 N–H and O–H groups in total. The lowest BCUT2D eigenvalue weighted by molar-refractivity contribution is -0.129. The Balaban J connectivity index is 1.66. The molecule has 0 aliphatic carbocycles. The largest absolute Gasteiger partial charge is 0.339 e. The number of hydrogen-bond donors (Lipinski definition) is 1.